The Labute approximate surface area is 104 Å². The number of hydrogen-bond acceptors (Lipinski definition) is 4. The van der Waals surface area contributed by atoms with Crippen LogP contribution in [-0.4, -0.2) is 28.9 Å². The molecule has 17 heavy (non-hydrogen) atoms. The van der Waals surface area contributed by atoms with Crippen LogP contribution in [0, 0.1) is 0 Å². The highest BCUT2D eigenvalue weighted by Gasteiger charge is 2.20. The number of carbonyl (C=O) groups excluding carboxylic acids is 1. The van der Waals surface area contributed by atoms with Gasteiger partial charge in [0.05, 0.1) is 10.4 Å². The van der Waals surface area contributed by atoms with Gasteiger partial charge < -0.3 is 10.6 Å². The lowest BCUT2D eigenvalue weighted by Gasteiger charge is -2.17. The van der Waals surface area contributed by atoms with Gasteiger partial charge in [0, 0.05) is 19.3 Å². The highest BCUT2D eigenvalue weighted by molar-refractivity contribution is 7.21. The molecule has 0 unspecified atom stereocenters. The standard InChI is InChI=1S/C12H15N3OS/c1-3-15(4-2)12(16)11-9(13)10-8(17-11)6-5-7-14-10/h5-7H,3-4,13H2,1-2H3. The second-order valence-electron chi connectivity index (χ2n) is 3.67. The summed E-state index contributed by atoms with van der Waals surface area (Å²) in [5.41, 5.74) is 7.22. The van der Waals surface area contributed by atoms with Crippen LogP contribution < -0.4 is 5.73 Å². The molecule has 2 heterocycles. The number of nitrogens with two attached hydrogens (primary N) is 1. The Morgan fingerprint density at radius 3 is 2.76 bits per heavy atom. The van der Waals surface area contributed by atoms with Crippen molar-refractivity contribution in [3.8, 4) is 0 Å². The normalized spacial score (nSPS) is 10.7. The summed E-state index contributed by atoms with van der Waals surface area (Å²) >= 11 is 1.41. The molecule has 0 aliphatic carbocycles. The molecule has 5 heteroatoms. The van der Waals surface area contributed by atoms with Crippen LogP contribution in [-0.2, 0) is 0 Å². The zero-order valence-electron chi connectivity index (χ0n) is 9.93. The van der Waals surface area contributed by atoms with Gasteiger partial charge in [0.25, 0.3) is 5.91 Å². The van der Waals surface area contributed by atoms with Gasteiger partial charge in [-0.25, -0.2) is 0 Å². The Morgan fingerprint density at radius 2 is 2.18 bits per heavy atom. The summed E-state index contributed by atoms with van der Waals surface area (Å²) in [6.45, 7) is 5.30. The number of hydrogen-bond donors (Lipinski definition) is 1. The van der Waals surface area contributed by atoms with Crippen LogP contribution in [0.2, 0.25) is 0 Å². The first kappa shape index (κ1) is 11.9. The molecule has 2 aromatic rings. The third kappa shape index (κ3) is 1.98. The number of anilines is 1. The Hall–Kier alpha value is -1.62. The van der Waals surface area contributed by atoms with Crippen LogP contribution in [0.5, 0.6) is 0 Å². The maximum atomic E-state index is 12.2. The number of aromatic nitrogens is 1. The van der Waals surface area contributed by atoms with E-state index in [2.05, 4.69) is 4.98 Å². The molecule has 0 aromatic carbocycles. The van der Waals surface area contributed by atoms with E-state index in [9.17, 15) is 4.79 Å². The largest absolute Gasteiger partial charge is 0.396 e. The minimum atomic E-state index is -0.00417. The fourth-order valence-electron chi connectivity index (χ4n) is 1.76. The molecule has 2 N–H and O–H groups in total. The van der Waals surface area contributed by atoms with Gasteiger partial charge in [0.15, 0.2) is 0 Å². The number of fused-ring (bicyclic) bond motifs is 1. The fraction of sp³-hybridized carbons (Fsp3) is 0.333. The van der Waals surface area contributed by atoms with Crippen LogP contribution >= 0.6 is 11.3 Å². The molecule has 4 nitrogen and oxygen atoms in total. The van der Waals surface area contributed by atoms with Gasteiger partial charge in [-0.1, -0.05) is 0 Å². The second kappa shape index (κ2) is 4.71. The Morgan fingerprint density at radius 1 is 1.47 bits per heavy atom. The number of carbonyl (C=O) groups is 1. The Kier molecular flexibility index (Phi) is 3.28. The summed E-state index contributed by atoms with van der Waals surface area (Å²) < 4.78 is 0.959. The van der Waals surface area contributed by atoms with Crippen molar-refractivity contribution in [2.45, 2.75) is 13.8 Å². The molecule has 2 aromatic heterocycles. The van der Waals surface area contributed by atoms with Crippen molar-refractivity contribution in [1.82, 2.24) is 9.88 Å². The molecule has 0 aliphatic rings. The highest BCUT2D eigenvalue weighted by Crippen LogP contribution is 2.32. The lowest BCUT2D eigenvalue weighted by atomic mass is 10.3. The van der Waals surface area contributed by atoms with Gasteiger partial charge >= 0.3 is 0 Å². The molecule has 0 bridgehead atoms. The summed E-state index contributed by atoms with van der Waals surface area (Å²) in [6, 6.07) is 3.78. The van der Waals surface area contributed by atoms with Crippen LogP contribution in [0.15, 0.2) is 18.3 Å². The van der Waals surface area contributed by atoms with Crippen molar-refractivity contribution < 1.29 is 4.79 Å². The maximum absolute atomic E-state index is 12.2. The Bertz CT molecular complexity index is 546. The average molecular weight is 249 g/mol. The third-order valence-corrected chi connectivity index (χ3v) is 3.88. The average Bonchev–Trinajstić information content (AvgIpc) is 2.69. The van der Waals surface area contributed by atoms with Crippen molar-refractivity contribution in [2.75, 3.05) is 18.8 Å². The van der Waals surface area contributed by atoms with Gasteiger partial charge in [-0.05, 0) is 26.0 Å². The zero-order valence-corrected chi connectivity index (χ0v) is 10.8. The Balaban J connectivity index is 2.49. The van der Waals surface area contributed by atoms with Gasteiger partial charge in [0.2, 0.25) is 0 Å². The molecule has 0 radical (unpaired) electrons. The molecular weight excluding hydrogens is 234 g/mol. The summed E-state index contributed by atoms with van der Waals surface area (Å²) in [7, 11) is 0. The van der Waals surface area contributed by atoms with E-state index >= 15 is 0 Å². The predicted octanol–water partition coefficient (Wildman–Crippen LogP) is 2.36. The molecule has 0 fully saturated rings. The zero-order chi connectivity index (χ0) is 12.4. The van der Waals surface area contributed by atoms with E-state index in [1.165, 1.54) is 11.3 Å². The van der Waals surface area contributed by atoms with Crippen molar-refractivity contribution in [1.29, 1.82) is 0 Å². The summed E-state index contributed by atoms with van der Waals surface area (Å²) in [5.74, 6) is -0.00417. The van der Waals surface area contributed by atoms with E-state index in [-0.39, 0.29) is 5.91 Å². The monoisotopic (exact) mass is 249 g/mol. The fourth-order valence-corrected chi connectivity index (χ4v) is 2.81. The van der Waals surface area contributed by atoms with E-state index in [1.807, 2.05) is 26.0 Å². The van der Waals surface area contributed by atoms with Crippen LogP contribution in [0.3, 0.4) is 0 Å². The molecule has 90 valence electrons. The second-order valence-corrected chi connectivity index (χ2v) is 4.72. The summed E-state index contributed by atoms with van der Waals surface area (Å²) in [4.78, 5) is 18.8. The third-order valence-electron chi connectivity index (χ3n) is 2.73. The van der Waals surface area contributed by atoms with Crippen molar-refractivity contribution in [3.05, 3.63) is 23.2 Å². The first-order chi connectivity index (χ1) is 8.19. The van der Waals surface area contributed by atoms with Crippen LogP contribution in [0.1, 0.15) is 23.5 Å². The van der Waals surface area contributed by atoms with Crippen molar-refractivity contribution in [3.63, 3.8) is 0 Å². The van der Waals surface area contributed by atoms with Crippen LogP contribution in [0.25, 0.3) is 10.2 Å². The van der Waals surface area contributed by atoms with Crippen molar-refractivity contribution >= 4 is 33.1 Å². The highest BCUT2D eigenvalue weighted by atomic mass is 32.1. The minimum absolute atomic E-state index is 0.00417. The van der Waals surface area contributed by atoms with Crippen LogP contribution in [0.4, 0.5) is 5.69 Å². The summed E-state index contributed by atoms with van der Waals surface area (Å²) in [5, 5.41) is 0. The smallest absolute Gasteiger partial charge is 0.266 e. The quantitative estimate of drug-likeness (QED) is 0.908. The molecule has 2 rings (SSSR count). The lowest BCUT2D eigenvalue weighted by Crippen LogP contribution is -2.30. The number of amides is 1. The van der Waals surface area contributed by atoms with E-state index in [1.54, 1.807) is 11.1 Å². The van der Waals surface area contributed by atoms with E-state index in [0.29, 0.717) is 23.7 Å². The van der Waals surface area contributed by atoms with Gasteiger partial charge in [-0.2, -0.15) is 0 Å². The number of nitrogens with zero attached hydrogens (tertiary/aromatic N) is 2. The molecule has 1 amide bonds. The first-order valence-corrected chi connectivity index (χ1v) is 6.42. The van der Waals surface area contributed by atoms with Crippen molar-refractivity contribution in [2.24, 2.45) is 0 Å². The lowest BCUT2D eigenvalue weighted by molar-refractivity contribution is 0.0779. The maximum Gasteiger partial charge on any atom is 0.266 e. The van der Waals surface area contributed by atoms with E-state index in [0.717, 1.165) is 10.2 Å². The SMILES string of the molecule is CCN(CC)C(=O)c1sc2cccnc2c1N. The molecule has 0 saturated heterocycles. The topological polar surface area (TPSA) is 59.2 Å². The minimum Gasteiger partial charge on any atom is -0.396 e. The predicted molar refractivity (Wildman–Crippen MR) is 71.3 cm³/mol. The molecule has 0 spiro atoms. The molecule has 0 aliphatic heterocycles. The van der Waals surface area contributed by atoms with Gasteiger partial charge in [-0.3, -0.25) is 9.78 Å². The number of rotatable bonds is 3. The molecular formula is C12H15N3OS. The summed E-state index contributed by atoms with van der Waals surface area (Å²) in [6.07, 6.45) is 1.69. The molecule has 0 atom stereocenters. The molecule has 0 saturated carbocycles. The van der Waals surface area contributed by atoms with Gasteiger partial charge in [-0.15, -0.1) is 11.3 Å². The van der Waals surface area contributed by atoms with E-state index < -0.39 is 0 Å². The number of nitrogen functional groups attached to an aromatic ring is 1. The number of pyridine rings is 1. The number of thiophene rings is 1. The van der Waals surface area contributed by atoms with E-state index in [4.69, 9.17) is 5.73 Å². The first-order valence-electron chi connectivity index (χ1n) is 5.61. The van der Waals surface area contributed by atoms with Gasteiger partial charge in [0.1, 0.15) is 10.4 Å².